The fraction of sp³-hybridized carbons (Fsp3) is 0.100. The molecule has 0 aliphatic carbocycles. The summed E-state index contributed by atoms with van der Waals surface area (Å²) >= 11 is 0. The molecule has 7 rings (SSSR count). The fourth-order valence-corrected chi connectivity index (χ4v) is 7.39. The third kappa shape index (κ3) is 7.12. The summed E-state index contributed by atoms with van der Waals surface area (Å²) < 4.78 is 137. The summed E-state index contributed by atoms with van der Waals surface area (Å²) in [5, 5.41) is 3.70. The van der Waals surface area contributed by atoms with Crippen molar-refractivity contribution >= 4 is 41.8 Å². The quantitative estimate of drug-likeness (QED) is 0.0821. The average molecular weight is 796 g/mol. The van der Waals surface area contributed by atoms with Gasteiger partial charge in [0, 0.05) is 17.7 Å². The minimum absolute atomic E-state index is 0.292. The molecule has 0 aliphatic rings. The number of aromatic nitrogens is 1. The van der Waals surface area contributed by atoms with Gasteiger partial charge in [0.15, 0.2) is 0 Å². The van der Waals surface area contributed by atoms with Crippen molar-refractivity contribution in [2.75, 3.05) is 0 Å². The lowest BCUT2D eigenvalue weighted by Gasteiger charge is -2.15. The van der Waals surface area contributed by atoms with Crippen LogP contribution in [-0.4, -0.2) is 32.4 Å². The van der Waals surface area contributed by atoms with E-state index in [1.54, 1.807) is 0 Å². The zero-order chi connectivity index (χ0) is 39.3. The Morgan fingerprint density at radius 3 is 1.13 bits per heavy atom. The number of rotatable bonds is 9. The third-order valence-electron chi connectivity index (χ3n) is 8.89. The van der Waals surface area contributed by atoms with Crippen LogP contribution in [0.25, 0.3) is 66.3 Å². The Bertz CT molecular complexity index is 2610. The molecule has 0 fully saturated rings. The largest absolute Gasteiger partial charge is 0.534 e. The van der Waals surface area contributed by atoms with E-state index in [1.807, 2.05) is 96.4 Å². The highest BCUT2D eigenvalue weighted by Gasteiger charge is 2.49. The lowest BCUT2D eigenvalue weighted by atomic mass is 9.89. The van der Waals surface area contributed by atoms with Gasteiger partial charge in [-0.15, -0.1) is 0 Å². The first kappa shape index (κ1) is 37.5. The van der Waals surface area contributed by atoms with E-state index < -0.39 is 42.8 Å². The predicted molar refractivity (Wildman–Crippen MR) is 198 cm³/mol. The summed E-state index contributed by atoms with van der Waals surface area (Å²) in [6.07, 6.45) is 0. The van der Waals surface area contributed by atoms with E-state index in [0.717, 1.165) is 56.9 Å². The Morgan fingerprint density at radius 2 is 0.800 bits per heavy atom. The summed E-state index contributed by atoms with van der Waals surface area (Å²) in [7, 11) is -11.9. The molecule has 0 aliphatic heterocycles. The lowest BCUT2D eigenvalue weighted by molar-refractivity contribution is -0.0504. The molecule has 7 nitrogen and oxygen atoms in total. The number of hydrogen-bond acceptors (Lipinski definition) is 6. The smallest absolute Gasteiger partial charge is 0.376 e. The van der Waals surface area contributed by atoms with E-state index >= 15 is 0 Å². The van der Waals surface area contributed by atoms with Crippen LogP contribution in [0.4, 0.5) is 26.3 Å². The highest BCUT2D eigenvalue weighted by molar-refractivity contribution is 7.88. The van der Waals surface area contributed by atoms with Gasteiger partial charge in [-0.05, 0) is 111 Å². The number of fused-ring (bicyclic) bond motifs is 2. The van der Waals surface area contributed by atoms with Crippen LogP contribution in [0, 0.1) is 0 Å². The Hall–Kier alpha value is -5.80. The average Bonchev–Trinajstić information content (AvgIpc) is 3.49. The van der Waals surface area contributed by atoms with Gasteiger partial charge in [0.05, 0.1) is 11.4 Å². The first-order valence-corrected chi connectivity index (χ1v) is 19.3. The number of halogens is 6. The summed E-state index contributed by atoms with van der Waals surface area (Å²) in [6.45, 7) is 2.14. The zero-order valence-electron chi connectivity index (χ0n) is 28.4. The van der Waals surface area contributed by atoms with Gasteiger partial charge in [0.25, 0.3) is 0 Å². The normalized spacial score (nSPS) is 12.6. The van der Waals surface area contributed by atoms with Crippen molar-refractivity contribution in [1.29, 1.82) is 0 Å². The van der Waals surface area contributed by atoms with Gasteiger partial charge in [-0.3, -0.25) is 0 Å². The first-order valence-electron chi connectivity index (χ1n) is 16.4. The van der Waals surface area contributed by atoms with Crippen LogP contribution >= 0.6 is 0 Å². The second-order valence-electron chi connectivity index (χ2n) is 12.3. The van der Waals surface area contributed by atoms with Crippen molar-refractivity contribution in [2.24, 2.45) is 0 Å². The molecule has 0 spiro atoms. The maximum atomic E-state index is 13.1. The molecule has 0 bridgehead atoms. The summed E-state index contributed by atoms with van der Waals surface area (Å²) in [6, 6.07) is 37.2. The van der Waals surface area contributed by atoms with Gasteiger partial charge >= 0.3 is 31.3 Å². The molecule has 0 N–H and O–H groups in total. The molecule has 55 heavy (non-hydrogen) atoms. The number of nitrogens with zero attached hydrogens (tertiary/aromatic N) is 1. The van der Waals surface area contributed by atoms with Crippen molar-refractivity contribution in [3.8, 4) is 56.3 Å². The predicted octanol–water partition coefficient (Wildman–Crippen LogP) is 10.9. The van der Waals surface area contributed by atoms with Crippen LogP contribution in [0.5, 0.6) is 11.5 Å². The van der Waals surface area contributed by atoms with Crippen LogP contribution in [-0.2, 0) is 26.8 Å². The van der Waals surface area contributed by atoms with Crippen LogP contribution in [0.2, 0.25) is 0 Å². The number of hydrogen-bond donors (Lipinski definition) is 0. The number of alkyl halides is 6. The SMILES string of the molecule is CCn1c(-c2ccc(OS(=O)(=O)C(F)(F)F)cc2)c(-c2ccc3ccccc3c2)c(-c2ccc3ccccc3c2)c1-c1ccc(OS(=O)(=O)C(F)(F)F)cc1. The second kappa shape index (κ2) is 13.8. The molecule has 0 atom stereocenters. The Morgan fingerprint density at radius 1 is 0.473 bits per heavy atom. The molecule has 1 heterocycles. The van der Waals surface area contributed by atoms with Gasteiger partial charge in [0.1, 0.15) is 11.5 Å². The maximum absolute atomic E-state index is 13.1. The molecule has 7 aromatic rings. The molecule has 6 aromatic carbocycles. The highest BCUT2D eigenvalue weighted by atomic mass is 32.2. The van der Waals surface area contributed by atoms with E-state index in [-0.39, 0.29) is 0 Å². The van der Waals surface area contributed by atoms with Crippen molar-refractivity contribution in [1.82, 2.24) is 4.57 Å². The van der Waals surface area contributed by atoms with Gasteiger partial charge in [0.2, 0.25) is 0 Å². The minimum Gasteiger partial charge on any atom is -0.376 e. The van der Waals surface area contributed by atoms with Crippen molar-refractivity contribution in [3.05, 3.63) is 133 Å². The monoisotopic (exact) mass is 795 g/mol. The standard InChI is InChI=1S/C40H27F6NO6S2/c1-2-47-37(27-15-19-33(20-16-27)52-54(48,49)39(41,42)43)35(31-13-11-25-7-3-5-9-29(25)23-31)36(32-14-12-26-8-4-6-10-30(26)24-32)38(47)28-17-21-34(22-18-28)53-55(50,51)40(44,45)46/h3-24H,2H2,1H3. The topological polar surface area (TPSA) is 91.7 Å². The molecule has 15 heteroatoms. The molecule has 0 amide bonds. The lowest BCUT2D eigenvalue weighted by Crippen LogP contribution is -2.28. The van der Waals surface area contributed by atoms with Crippen molar-refractivity contribution in [2.45, 2.75) is 24.5 Å². The van der Waals surface area contributed by atoms with Gasteiger partial charge in [-0.25, -0.2) is 0 Å². The van der Waals surface area contributed by atoms with E-state index in [0.29, 0.717) is 40.2 Å². The molecule has 0 saturated carbocycles. The fourth-order valence-electron chi connectivity index (χ4n) is 6.47. The van der Waals surface area contributed by atoms with Gasteiger partial charge in [-0.2, -0.15) is 43.2 Å². The van der Waals surface area contributed by atoms with E-state index in [9.17, 15) is 43.2 Å². The third-order valence-corrected chi connectivity index (χ3v) is 10.8. The Labute approximate surface area is 311 Å². The van der Waals surface area contributed by atoms with E-state index in [1.165, 1.54) is 24.3 Å². The van der Waals surface area contributed by atoms with Gasteiger partial charge < -0.3 is 12.9 Å². The van der Waals surface area contributed by atoms with Crippen molar-refractivity contribution in [3.63, 3.8) is 0 Å². The van der Waals surface area contributed by atoms with Crippen LogP contribution in [0.3, 0.4) is 0 Å². The van der Waals surface area contributed by atoms with E-state index in [4.69, 9.17) is 0 Å². The van der Waals surface area contributed by atoms with Crippen molar-refractivity contribution < 1.29 is 51.5 Å². The molecule has 1 aromatic heterocycles. The Kier molecular flexibility index (Phi) is 9.41. The van der Waals surface area contributed by atoms with Gasteiger partial charge in [-0.1, -0.05) is 72.8 Å². The Balaban J connectivity index is 1.52. The second-order valence-corrected chi connectivity index (χ2v) is 15.4. The van der Waals surface area contributed by atoms with Crippen LogP contribution in [0.15, 0.2) is 133 Å². The minimum atomic E-state index is -5.94. The summed E-state index contributed by atoms with van der Waals surface area (Å²) in [5.74, 6) is -1.13. The molecule has 0 saturated heterocycles. The first-order chi connectivity index (χ1) is 26.0. The maximum Gasteiger partial charge on any atom is 0.534 e. The van der Waals surface area contributed by atoms with Crippen LogP contribution in [0.1, 0.15) is 6.92 Å². The molecule has 282 valence electrons. The molecule has 0 radical (unpaired) electrons. The zero-order valence-corrected chi connectivity index (χ0v) is 30.0. The summed E-state index contributed by atoms with van der Waals surface area (Å²) in [4.78, 5) is 0. The highest BCUT2D eigenvalue weighted by Crippen LogP contribution is 2.50. The number of benzene rings is 6. The summed E-state index contributed by atoms with van der Waals surface area (Å²) in [5.41, 5.74) is -6.40. The van der Waals surface area contributed by atoms with E-state index in [2.05, 4.69) is 8.37 Å². The molecular weight excluding hydrogens is 769 g/mol. The molecule has 0 unspecified atom stereocenters. The van der Waals surface area contributed by atoms with Crippen LogP contribution < -0.4 is 8.37 Å². The molecular formula is C40H27F6NO6S2.